The van der Waals surface area contributed by atoms with E-state index in [2.05, 4.69) is 40.6 Å². The van der Waals surface area contributed by atoms with E-state index in [0.717, 1.165) is 35.2 Å². The van der Waals surface area contributed by atoms with E-state index < -0.39 is 0 Å². The van der Waals surface area contributed by atoms with Gasteiger partial charge in [-0.1, -0.05) is 42.8 Å². The fraction of sp³-hybridized carbons (Fsp3) is 0.250. The minimum atomic E-state index is 0.792. The Balaban J connectivity index is 1.38. The summed E-state index contributed by atoms with van der Waals surface area (Å²) in [5.41, 5.74) is 8.91. The third kappa shape index (κ3) is 4.42. The van der Waals surface area contributed by atoms with Crippen molar-refractivity contribution in [3.05, 3.63) is 60.8 Å². The molecular weight excluding hydrogens is 314 g/mol. The fourth-order valence-corrected chi connectivity index (χ4v) is 3.57. The van der Waals surface area contributed by atoms with Crippen LogP contribution in [0.25, 0.3) is 10.9 Å². The number of para-hydroxylation sites is 1. The van der Waals surface area contributed by atoms with Gasteiger partial charge in [0, 0.05) is 16.8 Å². The highest BCUT2D eigenvalue weighted by Gasteiger charge is 2.04. The lowest BCUT2D eigenvalue weighted by Crippen LogP contribution is -2.05. The molecule has 4 heteroatoms. The average Bonchev–Trinajstić information content (AvgIpc) is 2.64. The van der Waals surface area contributed by atoms with Gasteiger partial charge in [0.05, 0.1) is 23.1 Å². The first-order valence-corrected chi connectivity index (χ1v) is 9.38. The largest absolute Gasteiger partial charge is 0.396 e. The van der Waals surface area contributed by atoms with Crippen LogP contribution in [0.2, 0.25) is 0 Å². The molecule has 1 aromatic heterocycles. The van der Waals surface area contributed by atoms with Crippen molar-refractivity contribution in [3.8, 4) is 0 Å². The Morgan fingerprint density at radius 2 is 1.71 bits per heavy atom. The SMILES string of the molecule is Nc1c(NCCCCCSc2ccccc2)cnc2ccccc12. The van der Waals surface area contributed by atoms with Crippen LogP contribution < -0.4 is 11.1 Å². The molecule has 0 aliphatic carbocycles. The molecule has 24 heavy (non-hydrogen) atoms. The molecule has 0 atom stereocenters. The summed E-state index contributed by atoms with van der Waals surface area (Å²) in [4.78, 5) is 5.81. The smallest absolute Gasteiger partial charge is 0.0767 e. The van der Waals surface area contributed by atoms with Crippen molar-refractivity contribution in [1.82, 2.24) is 4.98 Å². The molecule has 0 saturated heterocycles. The number of anilines is 2. The van der Waals surface area contributed by atoms with Gasteiger partial charge in [-0.25, -0.2) is 0 Å². The maximum atomic E-state index is 6.24. The van der Waals surface area contributed by atoms with Crippen LogP contribution in [0.3, 0.4) is 0 Å². The molecule has 0 spiro atoms. The van der Waals surface area contributed by atoms with Gasteiger partial charge >= 0.3 is 0 Å². The Kier molecular flexibility index (Phi) is 5.96. The molecule has 1 heterocycles. The highest BCUT2D eigenvalue weighted by atomic mass is 32.2. The number of rotatable bonds is 8. The van der Waals surface area contributed by atoms with E-state index in [1.54, 1.807) is 0 Å². The molecule has 0 radical (unpaired) electrons. The van der Waals surface area contributed by atoms with Crippen LogP contribution >= 0.6 is 11.8 Å². The second-order valence-electron chi connectivity index (χ2n) is 5.75. The lowest BCUT2D eigenvalue weighted by atomic mass is 10.1. The Bertz CT molecular complexity index is 774. The van der Waals surface area contributed by atoms with Crippen LogP contribution in [-0.2, 0) is 0 Å². The number of fused-ring (bicyclic) bond motifs is 1. The maximum Gasteiger partial charge on any atom is 0.0767 e. The summed E-state index contributed by atoms with van der Waals surface area (Å²) in [7, 11) is 0. The predicted molar refractivity (Wildman–Crippen MR) is 106 cm³/mol. The van der Waals surface area contributed by atoms with Gasteiger partial charge in [-0.2, -0.15) is 0 Å². The number of benzene rings is 2. The van der Waals surface area contributed by atoms with E-state index in [0.29, 0.717) is 0 Å². The standard InChI is InChI=1S/C20H23N3S/c21-20-17-11-5-6-12-18(17)23-15-19(20)22-13-7-2-8-14-24-16-9-3-1-4-10-16/h1,3-6,9-12,15,22H,2,7-8,13-14H2,(H2,21,23). The number of pyridine rings is 1. The molecule has 0 unspecified atom stereocenters. The minimum Gasteiger partial charge on any atom is -0.396 e. The monoisotopic (exact) mass is 337 g/mol. The Labute approximate surface area is 147 Å². The van der Waals surface area contributed by atoms with E-state index in [4.69, 9.17) is 5.73 Å². The van der Waals surface area contributed by atoms with E-state index >= 15 is 0 Å². The molecule has 3 aromatic rings. The molecule has 0 fully saturated rings. The number of unbranched alkanes of at least 4 members (excludes halogenated alkanes) is 2. The molecule has 3 rings (SSSR count). The van der Waals surface area contributed by atoms with E-state index in [1.807, 2.05) is 42.2 Å². The van der Waals surface area contributed by atoms with Gasteiger partial charge in [0.1, 0.15) is 0 Å². The number of nitrogens with one attached hydrogen (secondary N) is 1. The average molecular weight is 337 g/mol. The summed E-state index contributed by atoms with van der Waals surface area (Å²) in [6.07, 6.45) is 5.42. The van der Waals surface area contributed by atoms with Gasteiger partial charge in [-0.3, -0.25) is 4.98 Å². The third-order valence-corrected chi connectivity index (χ3v) is 5.06. The first-order chi connectivity index (χ1) is 11.8. The van der Waals surface area contributed by atoms with Crippen LogP contribution in [0.15, 0.2) is 65.7 Å². The van der Waals surface area contributed by atoms with Gasteiger partial charge < -0.3 is 11.1 Å². The number of nitrogen functional groups attached to an aromatic ring is 1. The second-order valence-corrected chi connectivity index (χ2v) is 6.92. The summed E-state index contributed by atoms with van der Waals surface area (Å²) in [5.74, 6) is 1.17. The Morgan fingerprint density at radius 3 is 2.58 bits per heavy atom. The first-order valence-electron chi connectivity index (χ1n) is 8.39. The van der Waals surface area contributed by atoms with E-state index in [9.17, 15) is 0 Å². The second kappa shape index (κ2) is 8.60. The molecule has 0 aliphatic heterocycles. The van der Waals surface area contributed by atoms with Gasteiger partial charge in [0.25, 0.3) is 0 Å². The van der Waals surface area contributed by atoms with Gasteiger partial charge in [-0.15, -0.1) is 11.8 Å². The van der Waals surface area contributed by atoms with Crippen molar-refractivity contribution in [2.45, 2.75) is 24.2 Å². The van der Waals surface area contributed by atoms with E-state index in [1.165, 1.54) is 23.5 Å². The normalized spacial score (nSPS) is 10.8. The van der Waals surface area contributed by atoms with Gasteiger partial charge in [0.15, 0.2) is 0 Å². The van der Waals surface area contributed by atoms with Crippen molar-refractivity contribution < 1.29 is 0 Å². The highest BCUT2D eigenvalue weighted by molar-refractivity contribution is 7.99. The van der Waals surface area contributed by atoms with Crippen LogP contribution in [0.4, 0.5) is 11.4 Å². The number of thioether (sulfide) groups is 1. The summed E-state index contributed by atoms with van der Waals surface area (Å²) in [6.45, 7) is 0.931. The zero-order valence-corrected chi connectivity index (χ0v) is 14.6. The topological polar surface area (TPSA) is 50.9 Å². The number of hydrogen-bond acceptors (Lipinski definition) is 4. The zero-order chi connectivity index (χ0) is 16.6. The summed E-state index contributed by atoms with van der Waals surface area (Å²) >= 11 is 1.93. The van der Waals surface area contributed by atoms with Crippen molar-refractivity contribution in [3.63, 3.8) is 0 Å². The van der Waals surface area contributed by atoms with Crippen LogP contribution in [0.5, 0.6) is 0 Å². The molecule has 124 valence electrons. The Hall–Kier alpha value is -2.20. The molecule has 0 saturated carbocycles. The van der Waals surface area contributed by atoms with Gasteiger partial charge in [0.2, 0.25) is 0 Å². The van der Waals surface area contributed by atoms with Crippen molar-refractivity contribution in [2.24, 2.45) is 0 Å². The lowest BCUT2D eigenvalue weighted by Gasteiger charge is -2.11. The maximum absolute atomic E-state index is 6.24. The summed E-state index contributed by atoms with van der Waals surface area (Å²) in [5, 5.41) is 4.43. The van der Waals surface area contributed by atoms with Crippen LogP contribution in [0, 0.1) is 0 Å². The number of hydrogen-bond donors (Lipinski definition) is 2. The quantitative estimate of drug-likeness (QED) is 0.438. The highest BCUT2D eigenvalue weighted by Crippen LogP contribution is 2.26. The molecule has 3 N–H and O–H groups in total. The number of nitrogens with zero attached hydrogens (tertiary/aromatic N) is 1. The summed E-state index contributed by atoms with van der Waals surface area (Å²) in [6, 6.07) is 18.6. The fourth-order valence-electron chi connectivity index (χ4n) is 2.64. The van der Waals surface area contributed by atoms with Crippen molar-refractivity contribution in [2.75, 3.05) is 23.3 Å². The molecule has 0 bridgehead atoms. The lowest BCUT2D eigenvalue weighted by molar-refractivity contribution is 0.749. The Morgan fingerprint density at radius 1 is 0.917 bits per heavy atom. The third-order valence-electron chi connectivity index (χ3n) is 3.97. The van der Waals surface area contributed by atoms with Crippen LogP contribution in [-0.4, -0.2) is 17.3 Å². The molecule has 0 amide bonds. The van der Waals surface area contributed by atoms with Crippen molar-refractivity contribution in [1.29, 1.82) is 0 Å². The first kappa shape index (κ1) is 16.7. The molecule has 0 aliphatic rings. The zero-order valence-electron chi connectivity index (χ0n) is 13.7. The number of aromatic nitrogens is 1. The van der Waals surface area contributed by atoms with Gasteiger partial charge in [-0.05, 0) is 36.8 Å². The molecule has 3 nitrogen and oxygen atoms in total. The predicted octanol–water partition coefficient (Wildman–Crippen LogP) is 5.19. The minimum absolute atomic E-state index is 0.792. The molecular formula is C20H23N3S. The van der Waals surface area contributed by atoms with Crippen LogP contribution in [0.1, 0.15) is 19.3 Å². The number of nitrogens with two attached hydrogens (primary N) is 1. The summed E-state index contributed by atoms with van der Waals surface area (Å²) < 4.78 is 0. The van der Waals surface area contributed by atoms with Crippen molar-refractivity contribution >= 4 is 34.0 Å². The molecule has 2 aromatic carbocycles. The van der Waals surface area contributed by atoms with E-state index in [-0.39, 0.29) is 0 Å².